The van der Waals surface area contributed by atoms with Crippen LogP contribution in [0, 0.1) is 11.5 Å². The summed E-state index contributed by atoms with van der Waals surface area (Å²) < 4.78 is 0. The van der Waals surface area contributed by atoms with Crippen molar-refractivity contribution in [2.75, 3.05) is 13.1 Å². The molecule has 0 spiro atoms. The quantitative estimate of drug-likeness (QED) is 0.459. The summed E-state index contributed by atoms with van der Waals surface area (Å²) in [5.74, 6) is 3.22. The van der Waals surface area contributed by atoms with Gasteiger partial charge in [-0.05, 0) is 32.0 Å². The summed E-state index contributed by atoms with van der Waals surface area (Å²) in [6.45, 7) is 9.09. The molecule has 1 aliphatic rings. The fourth-order valence-electron chi connectivity index (χ4n) is 1.25. The molecule has 0 aromatic carbocycles. The van der Waals surface area contributed by atoms with Gasteiger partial charge in [0.1, 0.15) is 8.07 Å². The summed E-state index contributed by atoms with van der Waals surface area (Å²) >= 11 is 0. The lowest BCUT2D eigenvalue weighted by atomic mass is 10.1. The second kappa shape index (κ2) is 4.64. The Labute approximate surface area is 82.6 Å². The lowest BCUT2D eigenvalue weighted by molar-refractivity contribution is 0.610. The van der Waals surface area contributed by atoms with Crippen molar-refractivity contribution < 1.29 is 0 Å². The minimum absolute atomic E-state index is 1.13. The van der Waals surface area contributed by atoms with Crippen molar-refractivity contribution in [2.45, 2.75) is 32.5 Å². The Morgan fingerprint density at radius 1 is 1.23 bits per heavy atom. The van der Waals surface area contributed by atoms with Gasteiger partial charge >= 0.3 is 0 Å². The third-order valence-electron chi connectivity index (χ3n) is 1.97. The molecule has 1 rings (SSSR count). The molecule has 0 saturated carbocycles. The van der Waals surface area contributed by atoms with Crippen molar-refractivity contribution in [3.05, 3.63) is 11.6 Å². The van der Waals surface area contributed by atoms with E-state index in [9.17, 15) is 0 Å². The van der Waals surface area contributed by atoms with Gasteiger partial charge in [0.15, 0.2) is 0 Å². The van der Waals surface area contributed by atoms with Crippen LogP contribution in [-0.2, 0) is 0 Å². The van der Waals surface area contributed by atoms with Crippen molar-refractivity contribution in [2.24, 2.45) is 0 Å². The minimum atomic E-state index is -1.16. The van der Waals surface area contributed by atoms with Crippen molar-refractivity contribution in [3.63, 3.8) is 0 Å². The van der Waals surface area contributed by atoms with E-state index in [1.807, 2.05) is 0 Å². The zero-order valence-corrected chi connectivity index (χ0v) is 9.91. The summed E-state index contributed by atoms with van der Waals surface area (Å²) in [5.41, 5.74) is 4.88. The minimum Gasteiger partial charge on any atom is -0.316 e. The third-order valence-corrected chi connectivity index (χ3v) is 2.86. The maximum atomic E-state index is 3.36. The molecule has 1 heterocycles. The Balaban J connectivity index is 2.49. The van der Waals surface area contributed by atoms with Gasteiger partial charge in [-0.25, -0.2) is 0 Å². The number of piperidine rings is 1. The third kappa shape index (κ3) is 4.92. The van der Waals surface area contributed by atoms with Gasteiger partial charge in [0.05, 0.1) is 0 Å². The molecular weight excluding hydrogens is 174 g/mol. The van der Waals surface area contributed by atoms with E-state index >= 15 is 0 Å². The number of allylic oxidation sites excluding steroid dienone is 1. The molecule has 2 heteroatoms. The number of hydrogen-bond acceptors (Lipinski definition) is 1. The number of rotatable bonds is 0. The predicted octanol–water partition coefficient (Wildman–Crippen LogP) is 2.18. The summed E-state index contributed by atoms with van der Waals surface area (Å²) in [4.78, 5) is 0. The first-order chi connectivity index (χ1) is 6.08. The molecule has 1 fully saturated rings. The van der Waals surface area contributed by atoms with E-state index in [1.54, 1.807) is 0 Å². The van der Waals surface area contributed by atoms with Gasteiger partial charge in [0.25, 0.3) is 0 Å². The molecule has 0 aromatic heterocycles. The van der Waals surface area contributed by atoms with E-state index < -0.39 is 8.07 Å². The van der Waals surface area contributed by atoms with Crippen LogP contribution in [0.1, 0.15) is 12.8 Å². The van der Waals surface area contributed by atoms with E-state index in [2.05, 4.69) is 42.5 Å². The largest absolute Gasteiger partial charge is 0.316 e. The zero-order valence-electron chi connectivity index (χ0n) is 8.91. The molecule has 0 amide bonds. The summed E-state index contributed by atoms with van der Waals surface area (Å²) in [6, 6.07) is 0. The van der Waals surface area contributed by atoms with Crippen LogP contribution in [0.2, 0.25) is 19.6 Å². The lowest BCUT2D eigenvalue weighted by Crippen LogP contribution is -2.23. The average molecular weight is 193 g/mol. The standard InChI is InChI=1S/C11H19NSi/c1-13(2,3)10-4-5-11-6-8-12-9-7-11/h5,12H,6-9H2,1-3H3. The Kier molecular flexibility index (Phi) is 3.77. The Hall–Kier alpha value is -0.523. The molecule has 1 aliphatic heterocycles. The van der Waals surface area contributed by atoms with E-state index in [4.69, 9.17) is 0 Å². The van der Waals surface area contributed by atoms with Crippen LogP contribution in [0.25, 0.3) is 0 Å². The first kappa shape index (κ1) is 10.6. The van der Waals surface area contributed by atoms with Crippen LogP contribution in [0.15, 0.2) is 11.6 Å². The Morgan fingerprint density at radius 2 is 1.85 bits per heavy atom. The van der Waals surface area contributed by atoms with E-state index in [-0.39, 0.29) is 0 Å². The normalized spacial score (nSPS) is 17.6. The lowest BCUT2D eigenvalue weighted by Gasteiger charge is -2.13. The van der Waals surface area contributed by atoms with Gasteiger partial charge < -0.3 is 5.32 Å². The number of nitrogens with one attached hydrogen (secondary N) is 1. The van der Waals surface area contributed by atoms with Crippen molar-refractivity contribution >= 4 is 8.07 Å². The summed E-state index contributed by atoms with van der Waals surface area (Å²) in [6.07, 6.45) is 4.50. The zero-order chi connectivity index (χ0) is 9.73. The second-order valence-corrected chi connectivity index (χ2v) is 9.32. The summed E-state index contributed by atoms with van der Waals surface area (Å²) in [5, 5.41) is 3.34. The van der Waals surface area contributed by atoms with E-state index in [0.717, 1.165) is 13.1 Å². The van der Waals surface area contributed by atoms with Crippen LogP contribution >= 0.6 is 0 Å². The van der Waals surface area contributed by atoms with Gasteiger partial charge in [-0.2, -0.15) is 0 Å². The van der Waals surface area contributed by atoms with Crippen molar-refractivity contribution in [1.82, 2.24) is 5.32 Å². The van der Waals surface area contributed by atoms with Crippen LogP contribution in [0.3, 0.4) is 0 Å². The average Bonchev–Trinajstić information content (AvgIpc) is 2.04. The molecule has 1 saturated heterocycles. The van der Waals surface area contributed by atoms with Crippen molar-refractivity contribution in [1.29, 1.82) is 0 Å². The van der Waals surface area contributed by atoms with Crippen molar-refractivity contribution in [3.8, 4) is 11.5 Å². The first-order valence-corrected chi connectivity index (χ1v) is 8.49. The van der Waals surface area contributed by atoms with E-state index in [1.165, 1.54) is 18.4 Å². The maximum Gasteiger partial charge on any atom is 0.129 e. The molecule has 0 radical (unpaired) electrons. The molecule has 1 nitrogen and oxygen atoms in total. The van der Waals surface area contributed by atoms with Gasteiger partial charge in [0.2, 0.25) is 0 Å². The topological polar surface area (TPSA) is 12.0 Å². The highest BCUT2D eigenvalue weighted by atomic mass is 28.3. The first-order valence-electron chi connectivity index (χ1n) is 4.99. The summed E-state index contributed by atoms with van der Waals surface area (Å²) in [7, 11) is -1.16. The van der Waals surface area contributed by atoms with Gasteiger partial charge in [0, 0.05) is 0 Å². The predicted molar refractivity (Wildman–Crippen MR) is 61.3 cm³/mol. The molecule has 0 aromatic rings. The molecule has 13 heavy (non-hydrogen) atoms. The fraction of sp³-hybridized carbons (Fsp3) is 0.636. The van der Waals surface area contributed by atoms with Gasteiger partial charge in [-0.15, -0.1) is 5.54 Å². The highest BCUT2D eigenvalue weighted by Gasteiger charge is 2.07. The molecule has 0 bridgehead atoms. The highest BCUT2D eigenvalue weighted by molar-refractivity contribution is 6.83. The monoisotopic (exact) mass is 193 g/mol. The van der Waals surface area contributed by atoms with Crippen LogP contribution in [0.4, 0.5) is 0 Å². The van der Waals surface area contributed by atoms with Gasteiger partial charge in [-0.3, -0.25) is 0 Å². The second-order valence-electron chi connectivity index (χ2n) is 4.57. The fourth-order valence-corrected chi connectivity index (χ4v) is 1.75. The molecule has 72 valence electrons. The molecule has 0 aliphatic carbocycles. The van der Waals surface area contributed by atoms with Crippen LogP contribution < -0.4 is 5.32 Å². The molecular formula is C11H19NSi. The maximum absolute atomic E-state index is 3.36. The Morgan fingerprint density at radius 3 is 2.38 bits per heavy atom. The Bertz CT molecular complexity index is 241. The molecule has 0 unspecified atom stereocenters. The SMILES string of the molecule is C[Si](C)(C)C#CC=C1CCNCC1. The smallest absolute Gasteiger partial charge is 0.129 e. The molecule has 0 atom stereocenters. The highest BCUT2D eigenvalue weighted by Crippen LogP contribution is 2.08. The van der Waals surface area contributed by atoms with Gasteiger partial charge in [-0.1, -0.05) is 31.1 Å². The molecule has 1 N–H and O–H groups in total. The van der Waals surface area contributed by atoms with Crippen LogP contribution in [-0.4, -0.2) is 21.2 Å². The van der Waals surface area contributed by atoms with Crippen LogP contribution in [0.5, 0.6) is 0 Å². The number of hydrogen-bond donors (Lipinski definition) is 1. The van der Waals surface area contributed by atoms with E-state index in [0.29, 0.717) is 0 Å².